The van der Waals surface area contributed by atoms with Crippen LogP contribution in [-0.2, 0) is 11.3 Å². The highest BCUT2D eigenvalue weighted by Gasteiger charge is 2.11. The van der Waals surface area contributed by atoms with Crippen LogP contribution in [0, 0.1) is 19.8 Å². The van der Waals surface area contributed by atoms with E-state index < -0.39 is 11.9 Å². The molecule has 1 aromatic rings. The fourth-order valence-electron chi connectivity index (χ4n) is 1.10. The monoisotopic (exact) mass is 212 g/mol. The number of oxazole rings is 1. The van der Waals surface area contributed by atoms with Crippen LogP contribution in [0.15, 0.2) is 4.42 Å². The summed E-state index contributed by atoms with van der Waals surface area (Å²) in [5.74, 6) is 0.199. The summed E-state index contributed by atoms with van der Waals surface area (Å²) in [4.78, 5) is 14.7. The summed E-state index contributed by atoms with van der Waals surface area (Å²) in [5.41, 5.74) is 0.873. The van der Waals surface area contributed by atoms with Crippen LogP contribution < -0.4 is 5.32 Å². The first-order chi connectivity index (χ1) is 7.00. The molecule has 0 saturated heterocycles. The van der Waals surface area contributed by atoms with Crippen molar-refractivity contribution < 1.29 is 14.3 Å². The van der Waals surface area contributed by atoms with Crippen LogP contribution in [0.25, 0.3) is 0 Å². The minimum atomic E-state index is -0.803. The van der Waals surface area contributed by atoms with Crippen molar-refractivity contribution in [2.45, 2.75) is 27.3 Å². The van der Waals surface area contributed by atoms with Gasteiger partial charge in [0.25, 0.3) is 0 Å². The van der Waals surface area contributed by atoms with Crippen molar-refractivity contribution in [1.82, 2.24) is 10.3 Å². The lowest BCUT2D eigenvalue weighted by molar-refractivity contribution is -0.140. The van der Waals surface area contributed by atoms with Crippen LogP contribution >= 0.6 is 0 Å². The first-order valence-corrected chi connectivity index (χ1v) is 4.87. The molecule has 0 aromatic carbocycles. The Balaban J connectivity index is 2.35. The Hall–Kier alpha value is -1.36. The summed E-state index contributed by atoms with van der Waals surface area (Å²) >= 11 is 0. The topological polar surface area (TPSA) is 75.4 Å². The van der Waals surface area contributed by atoms with Gasteiger partial charge in [0.15, 0.2) is 0 Å². The Morgan fingerprint density at radius 1 is 1.60 bits per heavy atom. The minimum absolute atomic E-state index is 0.401. The van der Waals surface area contributed by atoms with Crippen molar-refractivity contribution in [2.24, 2.45) is 5.92 Å². The van der Waals surface area contributed by atoms with Crippen LogP contribution in [0.1, 0.15) is 24.3 Å². The molecule has 84 valence electrons. The lowest BCUT2D eigenvalue weighted by Crippen LogP contribution is -2.26. The predicted molar refractivity (Wildman–Crippen MR) is 54.5 cm³/mol. The summed E-state index contributed by atoms with van der Waals surface area (Å²) in [6, 6.07) is 0. The summed E-state index contributed by atoms with van der Waals surface area (Å²) in [7, 11) is 0. The number of rotatable bonds is 5. The van der Waals surface area contributed by atoms with E-state index in [1.807, 2.05) is 13.8 Å². The van der Waals surface area contributed by atoms with Gasteiger partial charge in [0, 0.05) is 6.54 Å². The van der Waals surface area contributed by atoms with Gasteiger partial charge in [0.1, 0.15) is 5.76 Å². The van der Waals surface area contributed by atoms with Crippen molar-refractivity contribution in [3.63, 3.8) is 0 Å². The Labute approximate surface area is 88.5 Å². The third-order valence-corrected chi connectivity index (χ3v) is 2.22. The third-order valence-electron chi connectivity index (χ3n) is 2.22. The van der Waals surface area contributed by atoms with Gasteiger partial charge in [-0.15, -0.1) is 0 Å². The van der Waals surface area contributed by atoms with Crippen LogP contribution in [-0.4, -0.2) is 22.6 Å². The van der Waals surface area contributed by atoms with Crippen LogP contribution in [0.4, 0.5) is 0 Å². The fourth-order valence-corrected chi connectivity index (χ4v) is 1.10. The highest BCUT2D eigenvalue weighted by atomic mass is 16.4. The molecule has 5 heteroatoms. The molecule has 1 unspecified atom stereocenters. The highest BCUT2D eigenvalue weighted by molar-refractivity contribution is 5.69. The summed E-state index contributed by atoms with van der Waals surface area (Å²) < 4.78 is 5.34. The molecule has 0 aliphatic heterocycles. The van der Waals surface area contributed by atoms with E-state index >= 15 is 0 Å². The number of hydrogen-bond donors (Lipinski definition) is 2. The SMILES string of the molecule is Cc1nc(CNCC(C)C(=O)O)oc1C. The standard InChI is InChI=1S/C10H16N2O3/c1-6(10(13)14)4-11-5-9-12-7(2)8(3)15-9/h6,11H,4-5H2,1-3H3,(H,13,14). The van der Waals surface area contributed by atoms with Crippen molar-refractivity contribution >= 4 is 5.97 Å². The zero-order valence-corrected chi connectivity index (χ0v) is 9.20. The molecule has 1 aromatic heterocycles. The predicted octanol–water partition coefficient (Wildman–Crippen LogP) is 1.10. The van der Waals surface area contributed by atoms with Crippen molar-refractivity contribution in [2.75, 3.05) is 6.54 Å². The number of carboxylic acids is 1. The smallest absolute Gasteiger partial charge is 0.307 e. The molecule has 15 heavy (non-hydrogen) atoms. The highest BCUT2D eigenvalue weighted by Crippen LogP contribution is 2.07. The van der Waals surface area contributed by atoms with E-state index in [4.69, 9.17) is 9.52 Å². The molecule has 2 N–H and O–H groups in total. The fraction of sp³-hybridized carbons (Fsp3) is 0.600. The zero-order valence-electron chi connectivity index (χ0n) is 9.20. The molecule has 0 saturated carbocycles. The summed E-state index contributed by atoms with van der Waals surface area (Å²) in [6.45, 7) is 6.26. The van der Waals surface area contributed by atoms with Crippen molar-refractivity contribution in [3.8, 4) is 0 Å². The van der Waals surface area contributed by atoms with E-state index in [1.165, 1.54) is 0 Å². The molecule has 0 spiro atoms. The maximum atomic E-state index is 10.5. The number of aryl methyl sites for hydroxylation is 2. The van der Waals surface area contributed by atoms with E-state index in [9.17, 15) is 4.79 Å². The number of hydrogen-bond acceptors (Lipinski definition) is 4. The minimum Gasteiger partial charge on any atom is -0.481 e. The number of carbonyl (C=O) groups is 1. The summed E-state index contributed by atoms with van der Waals surface area (Å²) in [5, 5.41) is 11.6. The molecule has 0 fully saturated rings. The number of nitrogens with one attached hydrogen (secondary N) is 1. The lowest BCUT2D eigenvalue weighted by atomic mass is 10.2. The Kier molecular flexibility index (Phi) is 3.85. The maximum absolute atomic E-state index is 10.5. The van der Waals surface area contributed by atoms with E-state index in [2.05, 4.69) is 10.3 Å². The quantitative estimate of drug-likeness (QED) is 0.764. The molecular weight excluding hydrogens is 196 g/mol. The zero-order chi connectivity index (χ0) is 11.4. The van der Waals surface area contributed by atoms with Crippen molar-refractivity contribution in [3.05, 3.63) is 17.3 Å². The molecule has 0 aliphatic carbocycles. The molecule has 0 bridgehead atoms. The average Bonchev–Trinajstić information content (AvgIpc) is 2.46. The molecular formula is C10H16N2O3. The first kappa shape index (κ1) is 11.7. The second-order valence-electron chi connectivity index (χ2n) is 3.62. The molecule has 0 aliphatic rings. The van der Waals surface area contributed by atoms with Crippen LogP contribution in [0.5, 0.6) is 0 Å². The Bertz CT molecular complexity index is 327. The molecule has 1 atom stereocenters. The maximum Gasteiger partial charge on any atom is 0.307 e. The van der Waals surface area contributed by atoms with Gasteiger partial charge in [0.05, 0.1) is 18.2 Å². The molecule has 1 rings (SSSR count). The van der Waals surface area contributed by atoms with Gasteiger partial charge in [0.2, 0.25) is 5.89 Å². The van der Waals surface area contributed by atoms with E-state index in [0.29, 0.717) is 19.0 Å². The average molecular weight is 212 g/mol. The Morgan fingerprint density at radius 3 is 2.73 bits per heavy atom. The normalized spacial score (nSPS) is 12.7. The van der Waals surface area contributed by atoms with Crippen LogP contribution in [0.3, 0.4) is 0 Å². The number of nitrogens with zero attached hydrogens (tertiary/aromatic N) is 1. The van der Waals surface area contributed by atoms with Gasteiger partial charge >= 0.3 is 5.97 Å². The Morgan fingerprint density at radius 2 is 2.27 bits per heavy atom. The van der Waals surface area contributed by atoms with E-state index in [1.54, 1.807) is 6.92 Å². The third kappa shape index (κ3) is 3.36. The number of aliphatic carboxylic acids is 1. The molecule has 1 heterocycles. The van der Waals surface area contributed by atoms with Gasteiger partial charge in [-0.05, 0) is 13.8 Å². The van der Waals surface area contributed by atoms with Gasteiger partial charge in [-0.25, -0.2) is 4.98 Å². The van der Waals surface area contributed by atoms with Crippen molar-refractivity contribution in [1.29, 1.82) is 0 Å². The van der Waals surface area contributed by atoms with E-state index in [-0.39, 0.29) is 0 Å². The number of aromatic nitrogens is 1. The van der Waals surface area contributed by atoms with Gasteiger partial charge < -0.3 is 14.8 Å². The van der Waals surface area contributed by atoms with E-state index in [0.717, 1.165) is 11.5 Å². The van der Waals surface area contributed by atoms with Gasteiger partial charge in [-0.2, -0.15) is 0 Å². The summed E-state index contributed by atoms with van der Waals surface area (Å²) in [6.07, 6.45) is 0. The molecule has 0 radical (unpaired) electrons. The molecule has 0 amide bonds. The molecule has 5 nitrogen and oxygen atoms in total. The van der Waals surface area contributed by atoms with Gasteiger partial charge in [-0.3, -0.25) is 4.79 Å². The number of carboxylic acid groups (broad SMARTS) is 1. The lowest BCUT2D eigenvalue weighted by Gasteiger charge is -2.05. The second kappa shape index (κ2) is 4.93. The van der Waals surface area contributed by atoms with Crippen LogP contribution in [0.2, 0.25) is 0 Å². The first-order valence-electron chi connectivity index (χ1n) is 4.87. The largest absolute Gasteiger partial charge is 0.481 e. The second-order valence-corrected chi connectivity index (χ2v) is 3.62. The van der Waals surface area contributed by atoms with Gasteiger partial charge in [-0.1, -0.05) is 6.92 Å².